The summed E-state index contributed by atoms with van der Waals surface area (Å²) in [6.45, 7) is 0. The van der Waals surface area contributed by atoms with Gasteiger partial charge in [0, 0.05) is 11.9 Å². The molecule has 3 aromatic rings. The number of aliphatic imine (C=N–C) groups is 1. The van der Waals surface area contributed by atoms with Gasteiger partial charge in [0.2, 0.25) is 0 Å². The number of aromatic amines is 1. The first-order chi connectivity index (χ1) is 12.2. The number of nitriles is 2. The van der Waals surface area contributed by atoms with Crippen molar-refractivity contribution >= 4 is 23.5 Å². The van der Waals surface area contributed by atoms with Gasteiger partial charge in [0.1, 0.15) is 23.2 Å². The van der Waals surface area contributed by atoms with Crippen molar-refractivity contribution in [3.8, 4) is 17.9 Å². The van der Waals surface area contributed by atoms with Gasteiger partial charge in [0.05, 0.1) is 11.6 Å². The second-order valence-electron chi connectivity index (χ2n) is 5.07. The number of nitrogens with zero attached hydrogens (tertiary/aromatic N) is 4. The first-order valence-electron chi connectivity index (χ1n) is 7.28. The highest BCUT2D eigenvalue weighted by molar-refractivity contribution is 5.83. The maximum absolute atomic E-state index is 9.38. The molecule has 0 amide bonds. The van der Waals surface area contributed by atoms with Gasteiger partial charge in [0.15, 0.2) is 5.82 Å². The number of benzene rings is 2. The van der Waals surface area contributed by atoms with Crippen LogP contribution in [0.5, 0.6) is 5.75 Å². The van der Waals surface area contributed by atoms with Crippen LogP contribution in [0.2, 0.25) is 0 Å². The van der Waals surface area contributed by atoms with Crippen LogP contribution in [0.25, 0.3) is 0 Å². The van der Waals surface area contributed by atoms with Crippen molar-refractivity contribution in [2.24, 2.45) is 4.99 Å². The molecule has 0 saturated heterocycles. The lowest BCUT2D eigenvalue weighted by Gasteiger charge is -2.03. The van der Waals surface area contributed by atoms with E-state index in [0.717, 1.165) is 5.56 Å². The number of H-pyrrole nitrogens is 1. The van der Waals surface area contributed by atoms with E-state index in [1.54, 1.807) is 54.7 Å². The summed E-state index contributed by atoms with van der Waals surface area (Å²) < 4.78 is 0. The van der Waals surface area contributed by atoms with Gasteiger partial charge in [-0.15, -0.1) is 0 Å². The summed E-state index contributed by atoms with van der Waals surface area (Å²) >= 11 is 0. The predicted molar refractivity (Wildman–Crippen MR) is 93.1 cm³/mol. The largest absolute Gasteiger partial charge is 0.508 e. The third kappa shape index (κ3) is 3.63. The highest BCUT2D eigenvalue weighted by Crippen LogP contribution is 2.25. The first kappa shape index (κ1) is 15.8. The van der Waals surface area contributed by atoms with E-state index in [1.807, 2.05) is 6.07 Å². The molecule has 0 saturated carbocycles. The van der Waals surface area contributed by atoms with E-state index >= 15 is 0 Å². The molecule has 0 radical (unpaired) electrons. The van der Waals surface area contributed by atoms with E-state index in [9.17, 15) is 10.4 Å². The number of hydrogen-bond acceptors (Lipinski definition) is 6. The normalized spacial score (nSPS) is 10.3. The molecule has 0 spiro atoms. The van der Waals surface area contributed by atoms with Crippen LogP contribution in [0.4, 0.5) is 17.3 Å². The maximum atomic E-state index is 9.38. The number of nitrogens with one attached hydrogen (secondary N) is 2. The summed E-state index contributed by atoms with van der Waals surface area (Å²) in [4.78, 5) is 4.21. The minimum absolute atomic E-state index is 0.170. The Morgan fingerprint density at radius 3 is 2.40 bits per heavy atom. The highest BCUT2D eigenvalue weighted by Gasteiger charge is 2.12. The molecule has 2 aromatic carbocycles. The van der Waals surface area contributed by atoms with Crippen molar-refractivity contribution in [1.29, 1.82) is 10.5 Å². The molecule has 3 rings (SSSR count). The number of phenolic OH excluding ortho intramolecular Hbond substituents is 1. The summed E-state index contributed by atoms with van der Waals surface area (Å²) in [6.07, 6.45) is 1.56. The van der Waals surface area contributed by atoms with Gasteiger partial charge in [-0.3, -0.25) is 5.10 Å². The van der Waals surface area contributed by atoms with Crippen molar-refractivity contribution in [1.82, 2.24) is 10.2 Å². The third-order valence-electron chi connectivity index (χ3n) is 3.37. The van der Waals surface area contributed by atoms with Gasteiger partial charge < -0.3 is 10.4 Å². The van der Waals surface area contributed by atoms with Crippen molar-refractivity contribution in [3.05, 3.63) is 65.2 Å². The fourth-order valence-corrected chi connectivity index (χ4v) is 2.09. The monoisotopic (exact) mass is 328 g/mol. The topological polar surface area (TPSA) is 121 Å². The molecule has 1 aromatic heterocycles. The minimum atomic E-state index is 0.170. The lowest BCUT2D eigenvalue weighted by atomic mass is 10.2. The molecule has 0 unspecified atom stereocenters. The van der Waals surface area contributed by atoms with Crippen LogP contribution in [-0.2, 0) is 0 Å². The maximum Gasteiger partial charge on any atom is 0.193 e. The van der Waals surface area contributed by atoms with E-state index in [1.165, 1.54) is 0 Å². The van der Waals surface area contributed by atoms with Crippen molar-refractivity contribution in [3.63, 3.8) is 0 Å². The van der Waals surface area contributed by atoms with Crippen LogP contribution in [0.3, 0.4) is 0 Å². The minimum Gasteiger partial charge on any atom is -0.508 e. The molecule has 0 aliphatic rings. The SMILES string of the molecule is N#Cc1ccc(Nc2[nH]nc(N=Cc3ccc(O)cc3)c2C#N)cc1. The fraction of sp³-hybridized carbons (Fsp3) is 0. The molecule has 0 bridgehead atoms. The van der Waals surface area contributed by atoms with Crippen LogP contribution < -0.4 is 5.32 Å². The summed E-state index contributed by atoms with van der Waals surface area (Å²) in [5.41, 5.74) is 2.31. The summed E-state index contributed by atoms with van der Waals surface area (Å²) in [7, 11) is 0. The first-order valence-corrected chi connectivity index (χ1v) is 7.28. The molecular weight excluding hydrogens is 316 g/mol. The van der Waals surface area contributed by atoms with E-state index in [2.05, 4.69) is 26.6 Å². The van der Waals surface area contributed by atoms with Gasteiger partial charge >= 0.3 is 0 Å². The van der Waals surface area contributed by atoms with Crippen LogP contribution in [0, 0.1) is 22.7 Å². The molecule has 1 heterocycles. The fourth-order valence-electron chi connectivity index (χ4n) is 2.09. The zero-order chi connectivity index (χ0) is 17.6. The molecule has 0 aliphatic heterocycles. The van der Waals surface area contributed by atoms with Crippen LogP contribution in [-0.4, -0.2) is 21.5 Å². The Hall–Kier alpha value is -4.10. The van der Waals surface area contributed by atoms with E-state index in [0.29, 0.717) is 17.1 Å². The van der Waals surface area contributed by atoms with Gasteiger partial charge in [-0.1, -0.05) is 0 Å². The lowest BCUT2D eigenvalue weighted by molar-refractivity contribution is 0.475. The third-order valence-corrected chi connectivity index (χ3v) is 3.37. The molecule has 7 heteroatoms. The van der Waals surface area contributed by atoms with Crippen molar-refractivity contribution in [2.75, 3.05) is 5.32 Å². The number of rotatable bonds is 4. The number of anilines is 2. The standard InChI is InChI=1S/C18H12N6O/c19-9-12-1-5-14(6-2-12)22-18-16(10-20)17(23-24-18)21-11-13-3-7-15(25)8-4-13/h1-8,11,25H,(H2,22,23,24). The average molecular weight is 328 g/mol. The van der Waals surface area contributed by atoms with Gasteiger partial charge in [-0.05, 0) is 54.1 Å². The Kier molecular flexibility index (Phi) is 4.41. The Balaban J connectivity index is 1.82. The van der Waals surface area contributed by atoms with Crippen LogP contribution in [0.1, 0.15) is 16.7 Å². The Bertz CT molecular complexity index is 988. The van der Waals surface area contributed by atoms with Crippen molar-refractivity contribution in [2.45, 2.75) is 0 Å². The quantitative estimate of drug-likeness (QED) is 0.634. The summed E-state index contributed by atoms with van der Waals surface area (Å²) in [5.74, 6) is 0.848. The number of aromatic nitrogens is 2. The van der Waals surface area contributed by atoms with Crippen LogP contribution in [0.15, 0.2) is 53.5 Å². The van der Waals surface area contributed by atoms with Crippen LogP contribution >= 0.6 is 0 Å². The Morgan fingerprint density at radius 2 is 1.76 bits per heavy atom. The summed E-state index contributed by atoms with van der Waals surface area (Å²) in [6, 6.07) is 17.4. The smallest absolute Gasteiger partial charge is 0.193 e. The second-order valence-corrected chi connectivity index (χ2v) is 5.07. The number of hydrogen-bond donors (Lipinski definition) is 3. The predicted octanol–water partition coefficient (Wildman–Crippen LogP) is 3.35. The number of aromatic hydroxyl groups is 1. The average Bonchev–Trinajstić information content (AvgIpc) is 3.03. The van der Waals surface area contributed by atoms with Gasteiger partial charge in [-0.25, -0.2) is 4.99 Å². The van der Waals surface area contributed by atoms with E-state index in [-0.39, 0.29) is 17.1 Å². The zero-order valence-corrected chi connectivity index (χ0v) is 12.9. The molecule has 0 atom stereocenters. The molecular formula is C18H12N6O. The molecule has 3 N–H and O–H groups in total. The zero-order valence-electron chi connectivity index (χ0n) is 12.9. The van der Waals surface area contributed by atoms with E-state index in [4.69, 9.17) is 5.26 Å². The molecule has 120 valence electrons. The number of phenols is 1. The molecule has 0 aliphatic carbocycles. The molecule has 0 fully saturated rings. The second kappa shape index (κ2) is 6.99. The van der Waals surface area contributed by atoms with Gasteiger partial charge in [-0.2, -0.15) is 15.6 Å². The summed E-state index contributed by atoms with van der Waals surface area (Å²) in [5, 5.41) is 37.3. The molecule has 7 nitrogen and oxygen atoms in total. The van der Waals surface area contributed by atoms with Gasteiger partial charge in [0.25, 0.3) is 0 Å². The molecule has 25 heavy (non-hydrogen) atoms. The highest BCUT2D eigenvalue weighted by atomic mass is 16.3. The Labute approximate surface area is 143 Å². The Morgan fingerprint density at radius 1 is 1.04 bits per heavy atom. The lowest BCUT2D eigenvalue weighted by Crippen LogP contribution is -1.92. The van der Waals surface area contributed by atoms with Crippen molar-refractivity contribution < 1.29 is 5.11 Å². The van der Waals surface area contributed by atoms with E-state index < -0.39 is 0 Å².